The van der Waals surface area contributed by atoms with Crippen molar-refractivity contribution in [3.63, 3.8) is 0 Å². The third-order valence-corrected chi connectivity index (χ3v) is 15.4. The number of benzene rings is 9. The molecule has 9 aromatic carbocycles. The summed E-state index contributed by atoms with van der Waals surface area (Å²) in [4.78, 5) is 5.03. The lowest BCUT2D eigenvalue weighted by Gasteiger charge is -2.27. The van der Waals surface area contributed by atoms with E-state index < -0.39 is 0 Å². The van der Waals surface area contributed by atoms with Crippen LogP contribution in [0.15, 0.2) is 219 Å². The van der Waals surface area contributed by atoms with Gasteiger partial charge in [-0.2, -0.15) is 0 Å². The Morgan fingerprint density at radius 3 is 1.79 bits per heavy atom. The second-order valence-corrected chi connectivity index (χ2v) is 23.4. The van der Waals surface area contributed by atoms with Crippen LogP contribution in [-0.2, 0) is 17.3 Å². The summed E-state index contributed by atoms with van der Waals surface area (Å²) in [5.74, 6) is 2.84. The maximum absolute atomic E-state index is 6.95. The molecule has 0 fully saturated rings. The van der Waals surface area contributed by atoms with E-state index in [1.54, 1.807) is 0 Å². The van der Waals surface area contributed by atoms with Crippen molar-refractivity contribution >= 4 is 54.6 Å². The lowest BCUT2D eigenvalue weighted by atomic mass is 9.78. The highest BCUT2D eigenvalue weighted by Gasteiger charge is 2.25. The highest BCUT2D eigenvalue weighted by atomic mass is 16.5. The van der Waals surface area contributed by atoms with Gasteiger partial charge in [0.2, 0.25) is 0 Å². The van der Waals surface area contributed by atoms with E-state index in [1.165, 1.54) is 44.1 Å². The van der Waals surface area contributed by atoms with E-state index in [-0.39, 0.29) is 10.8 Å². The quantitative estimate of drug-likeness (QED) is 0.101. The highest BCUT2D eigenvalue weighted by Crippen LogP contribution is 2.41. The number of imidazole rings is 1. The fraction of sp³-hybridized carbons (Fsp3) is 0.167. The number of hydrogen-bond donors (Lipinski definition) is 0. The first-order chi connectivity index (χ1) is 37.7. The maximum Gasteiger partial charge on any atom is 0.269 e. The van der Waals surface area contributed by atoms with Crippen molar-refractivity contribution in [3.05, 3.63) is 242 Å². The number of para-hydroxylation sites is 5. The standard InChI is InChI=1S/C72H63N5O/c1-47(2)38-48-36-37-73-69(39-48)77-65-35-32-54(76-63-28-14-12-24-59(63)60-25-13-15-29-64(60)76)44-62(65)61-34-33-56(45-68(61)77)78-55-23-18-22-53(43-55)74-46-75(67-31-17-16-30-66(67)74)70-57(49-20-10-9-11-21-49)26-19-27-58(70)50-40-51(71(3,4)5)42-52(41-50)72(6,7)8/h9-37,39-45,47H,38H2,1-8H3. The Hall–Kier alpha value is -9.00. The molecule has 6 heteroatoms. The van der Waals surface area contributed by atoms with Crippen molar-refractivity contribution in [2.24, 2.45) is 5.92 Å². The second-order valence-electron chi connectivity index (χ2n) is 23.4. The Kier molecular flexibility index (Phi) is 11.8. The van der Waals surface area contributed by atoms with Crippen molar-refractivity contribution in [2.45, 2.75) is 72.6 Å². The number of rotatable bonds is 10. The highest BCUT2D eigenvalue weighted by molar-refractivity contribution is 6.12. The van der Waals surface area contributed by atoms with Gasteiger partial charge >= 0.3 is 0 Å². The molecule has 382 valence electrons. The molecule has 0 aliphatic heterocycles. The molecule has 6 nitrogen and oxygen atoms in total. The molecule has 0 bridgehead atoms. The van der Waals surface area contributed by atoms with E-state index >= 15 is 0 Å². The molecule has 0 amide bonds. The van der Waals surface area contributed by atoms with E-state index in [2.05, 4.69) is 286 Å². The fourth-order valence-corrected chi connectivity index (χ4v) is 11.6. The molecule has 13 rings (SSSR count). The Balaban J connectivity index is 0.940. The molecule has 0 radical (unpaired) electrons. The number of hydrogen-bond acceptors (Lipinski definition) is 2. The molecule has 0 atom stereocenters. The average molecular weight is 1010 g/mol. The zero-order valence-electron chi connectivity index (χ0n) is 45.7. The summed E-state index contributed by atoms with van der Waals surface area (Å²) >= 11 is 0. The number of aromatic nitrogens is 5. The van der Waals surface area contributed by atoms with Gasteiger partial charge in [-0.15, -0.1) is 0 Å². The Morgan fingerprint density at radius 2 is 1.09 bits per heavy atom. The van der Waals surface area contributed by atoms with Crippen molar-refractivity contribution < 1.29 is 9.30 Å². The summed E-state index contributed by atoms with van der Waals surface area (Å²) in [5, 5.41) is 4.75. The molecule has 0 saturated heterocycles. The molecule has 13 aromatic rings. The largest absolute Gasteiger partial charge is 0.458 e. The van der Waals surface area contributed by atoms with E-state index in [0.29, 0.717) is 5.92 Å². The second kappa shape index (κ2) is 18.9. The summed E-state index contributed by atoms with van der Waals surface area (Å²) in [6.45, 7) is 18.4. The molecule has 0 unspecified atom stereocenters. The SMILES string of the molecule is CC(C)Cc1ccnc(-n2c3ccc(-n4c5ccccc5c5ccccc54)cc3c3ccc(Oc4cccc(-n5[c-][n+](-c6c(-c7ccccc7)cccc6-c6cc(C(C)(C)C)cc(C(C)(C)C)c6)c6ccccc65)c4)cc32)c1. The van der Waals surface area contributed by atoms with Gasteiger partial charge in [-0.25, -0.2) is 4.98 Å². The summed E-state index contributed by atoms with van der Waals surface area (Å²) < 4.78 is 16.1. The smallest absolute Gasteiger partial charge is 0.269 e. The van der Waals surface area contributed by atoms with Gasteiger partial charge in [0.05, 0.1) is 44.5 Å². The van der Waals surface area contributed by atoms with Gasteiger partial charge in [-0.3, -0.25) is 13.7 Å². The van der Waals surface area contributed by atoms with Crippen LogP contribution in [0.2, 0.25) is 0 Å². The molecule has 0 aliphatic carbocycles. The van der Waals surface area contributed by atoms with Crippen LogP contribution in [0.5, 0.6) is 11.5 Å². The molecule has 0 spiro atoms. The lowest BCUT2D eigenvalue weighted by Crippen LogP contribution is -2.31. The molecule has 4 aromatic heterocycles. The number of pyridine rings is 1. The number of fused-ring (bicyclic) bond motifs is 7. The number of nitrogens with zero attached hydrogens (tertiary/aromatic N) is 5. The summed E-state index contributed by atoms with van der Waals surface area (Å²) in [7, 11) is 0. The normalized spacial score (nSPS) is 12.3. The van der Waals surface area contributed by atoms with Crippen molar-refractivity contribution in [2.75, 3.05) is 0 Å². The molecular weight excluding hydrogens is 951 g/mol. The van der Waals surface area contributed by atoms with Crippen molar-refractivity contribution in [3.8, 4) is 56.6 Å². The molecule has 0 saturated carbocycles. The predicted octanol–water partition coefficient (Wildman–Crippen LogP) is 18.2. The minimum Gasteiger partial charge on any atom is -0.458 e. The third kappa shape index (κ3) is 8.62. The van der Waals surface area contributed by atoms with Crippen LogP contribution in [0.1, 0.15) is 72.1 Å². The minimum atomic E-state index is -0.0462. The molecule has 4 heterocycles. The summed E-state index contributed by atoms with van der Waals surface area (Å²) in [6, 6.07) is 76.7. The zero-order valence-corrected chi connectivity index (χ0v) is 45.7. The van der Waals surface area contributed by atoms with E-state index in [1.807, 2.05) is 12.3 Å². The molecule has 78 heavy (non-hydrogen) atoms. The lowest BCUT2D eigenvalue weighted by molar-refractivity contribution is -0.571. The van der Waals surface area contributed by atoms with Gasteiger partial charge in [0.1, 0.15) is 17.3 Å². The van der Waals surface area contributed by atoms with Crippen LogP contribution in [-0.4, -0.2) is 18.7 Å². The van der Waals surface area contributed by atoms with E-state index in [4.69, 9.17) is 9.72 Å². The van der Waals surface area contributed by atoms with Gasteiger partial charge in [-0.05, 0) is 135 Å². The monoisotopic (exact) mass is 1010 g/mol. The first-order valence-electron chi connectivity index (χ1n) is 27.4. The maximum atomic E-state index is 6.95. The average Bonchev–Trinajstić information content (AvgIpc) is 4.32. The first kappa shape index (κ1) is 48.6. The van der Waals surface area contributed by atoms with Gasteiger partial charge in [0.15, 0.2) is 0 Å². The van der Waals surface area contributed by atoms with Crippen molar-refractivity contribution in [1.82, 2.24) is 18.7 Å². The molecular formula is C72H63N5O. The summed E-state index contributed by atoms with van der Waals surface area (Å²) in [6.07, 6.45) is 6.82. The first-order valence-corrected chi connectivity index (χ1v) is 27.4. The molecule has 0 N–H and O–H groups in total. The Bertz CT molecular complexity index is 4360. The van der Waals surface area contributed by atoms with Gasteiger partial charge in [0.25, 0.3) is 6.33 Å². The van der Waals surface area contributed by atoms with Crippen LogP contribution >= 0.6 is 0 Å². The fourth-order valence-electron chi connectivity index (χ4n) is 11.6. The topological polar surface area (TPSA) is 40.8 Å². The molecule has 0 aliphatic rings. The minimum absolute atomic E-state index is 0.0462. The van der Waals surface area contributed by atoms with Crippen LogP contribution in [0.4, 0.5) is 0 Å². The Morgan fingerprint density at radius 1 is 0.474 bits per heavy atom. The number of ether oxygens (including phenoxy) is 1. The van der Waals surface area contributed by atoms with Gasteiger partial charge < -0.3 is 9.30 Å². The van der Waals surface area contributed by atoms with Crippen LogP contribution < -0.4 is 9.30 Å². The van der Waals surface area contributed by atoms with Crippen LogP contribution in [0, 0.1) is 12.2 Å². The van der Waals surface area contributed by atoms with Crippen molar-refractivity contribution in [1.29, 1.82) is 0 Å². The third-order valence-electron chi connectivity index (χ3n) is 15.4. The van der Waals surface area contributed by atoms with E-state index in [0.717, 1.165) is 90.3 Å². The predicted molar refractivity (Wildman–Crippen MR) is 323 cm³/mol. The summed E-state index contributed by atoms with van der Waals surface area (Å²) in [5.41, 5.74) is 18.1. The van der Waals surface area contributed by atoms with Crippen LogP contribution in [0.25, 0.3) is 99.8 Å². The Labute approximate surface area is 457 Å². The van der Waals surface area contributed by atoms with Crippen LogP contribution in [0.3, 0.4) is 0 Å². The van der Waals surface area contributed by atoms with E-state index in [9.17, 15) is 0 Å². The zero-order chi connectivity index (χ0) is 53.5. The van der Waals surface area contributed by atoms with Gasteiger partial charge in [0, 0.05) is 39.5 Å². The van der Waals surface area contributed by atoms with Gasteiger partial charge in [-0.1, -0.05) is 189 Å².